The lowest BCUT2D eigenvalue weighted by Gasteiger charge is -2.28. The van der Waals surface area contributed by atoms with E-state index in [9.17, 15) is 0 Å². The second kappa shape index (κ2) is 5.26. The van der Waals surface area contributed by atoms with E-state index in [1.165, 1.54) is 0 Å². The van der Waals surface area contributed by atoms with E-state index in [-0.39, 0.29) is 5.84 Å². The van der Waals surface area contributed by atoms with Crippen molar-refractivity contribution in [3.8, 4) is 0 Å². The molecule has 4 nitrogen and oxygen atoms in total. The number of hydrogen-bond acceptors (Lipinski definition) is 3. The first-order valence-electron chi connectivity index (χ1n) is 6.55. The van der Waals surface area contributed by atoms with Crippen LogP contribution in [0.4, 0.5) is 5.82 Å². The maximum Gasteiger partial charge on any atom is 0.140 e. The first kappa shape index (κ1) is 13.3. The highest BCUT2D eigenvalue weighted by Crippen LogP contribution is 2.24. The van der Waals surface area contributed by atoms with Gasteiger partial charge in [0.1, 0.15) is 11.7 Å². The quantitative estimate of drug-likeness (QED) is 0.653. The van der Waals surface area contributed by atoms with Gasteiger partial charge in [-0.05, 0) is 32.9 Å². The molecule has 1 aromatic heterocycles. The molecule has 0 amide bonds. The predicted octanol–water partition coefficient (Wildman–Crippen LogP) is 2.75. The number of hydrogen-bond donors (Lipinski definition) is 2. The molecule has 0 saturated heterocycles. The summed E-state index contributed by atoms with van der Waals surface area (Å²) in [5, 5.41) is 8.78. The van der Waals surface area contributed by atoms with E-state index >= 15 is 0 Å². The maximum absolute atomic E-state index is 7.77. The summed E-state index contributed by atoms with van der Waals surface area (Å²) in [6, 6.07) is 10.2. The second-order valence-corrected chi connectivity index (χ2v) is 4.85. The van der Waals surface area contributed by atoms with Gasteiger partial charge in [-0.1, -0.05) is 18.2 Å². The Hall–Kier alpha value is -2.10. The van der Waals surface area contributed by atoms with E-state index in [4.69, 9.17) is 16.1 Å². The number of anilines is 1. The highest BCUT2D eigenvalue weighted by Gasteiger charge is 2.17. The first-order valence-corrected chi connectivity index (χ1v) is 6.55. The Morgan fingerprint density at radius 1 is 1.37 bits per heavy atom. The molecule has 1 heterocycles. The van der Waals surface area contributed by atoms with Crippen LogP contribution in [0.5, 0.6) is 0 Å². The number of pyridine rings is 1. The highest BCUT2D eigenvalue weighted by atomic mass is 15.2. The summed E-state index contributed by atoms with van der Waals surface area (Å²) in [4.78, 5) is 6.85. The summed E-state index contributed by atoms with van der Waals surface area (Å²) >= 11 is 0. The average Bonchev–Trinajstić information content (AvgIpc) is 2.38. The predicted molar refractivity (Wildman–Crippen MR) is 80.9 cm³/mol. The molecule has 0 aliphatic carbocycles. The Morgan fingerprint density at radius 3 is 2.63 bits per heavy atom. The number of rotatable bonds is 4. The molecule has 0 atom stereocenters. The molecule has 0 aliphatic heterocycles. The van der Waals surface area contributed by atoms with Crippen molar-refractivity contribution in [2.45, 2.75) is 26.8 Å². The van der Waals surface area contributed by atoms with E-state index in [1.807, 2.05) is 30.3 Å². The molecule has 0 spiro atoms. The monoisotopic (exact) mass is 256 g/mol. The summed E-state index contributed by atoms with van der Waals surface area (Å²) < 4.78 is 0. The van der Waals surface area contributed by atoms with Crippen LogP contribution in [0, 0.1) is 5.41 Å². The lowest BCUT2D eigenvalue weighted by atomic mass is 10.1. The smallest absolute Gasteiger partial charge is 0.140 e. The van der Waals surface area contributed by atoms with Gasteiger partial charge >= 0.3 is 0 Å². The fraction of sp³-hybridized carbons (Fsp3) is 0.333. The molecule has 0 unspecified atom stereocenters. The molecular formula is C15H20N4. The summed E-state index contributed by atoms with van der Waals surface area (Å²) in [5.74, 6) is 0.857. The number of fused-ring (bicyclic) bond motifs is 1. The van der Waals surface area contributed by atoms with Crippen LogP contribution >= 0.6 is 0 Å². The first-order chi connectivity index (χ1) is 9.04. The third-order valence-electron chi connectivity index (χ3n) is 3.23. The molecule has 2 aromatic rings. The minimum absolute atomic E-state index is 0.0624. The van der Waals surface area contributed by atoms with Gasteiger partial charge in [0.05, 0.1) is 11.1 Å². The van der Waals surface area contributed by atoms with Crippen molar-refractivity contribution < 1.29 is 0 Å². The molecule has 0 saturated carbocycles. The van der Waals surface area contributed by atoms with Gasteiger partial charge < -0.3 is 10.6 Å². The molecular weight excluding hydrogens is 236 g/mol. The minimum atomic E-state index is 0.0624. The van der Waals surface area contributed by atoms with Crippen LogP contribution < -0.4 is 10.6 Å². The van der Waals surface area contributed by atoms with Crippen LogP contribution in [-0.2, 0) is 0 Å². The Kier molecular flexibility index (Phi) is 3.69. The number of nitrogens with zero attached hydrogens (tertiary/aromatic N) is 2. The molecule has 3 N–H and O–H groups in total. The van der Waals surface area contributed by atoms with E-state index in [0.29, 0.717) is 11.6 Å². The van der Waals surface area contributed by atoms with Gasteiger partial charge in [-0.25, -0.2) is 4.98 Å². The molecule has 4 heteroatoms. The van der Waals surface area contributed by atoms with Gasteiger partial charge in [-0.15, -0.1) is 0 Å². The van der Waals surface area contributed by atoms with Crippen molar-refractivity contribution in [2.75, 3.05) is 11.4 Å². The van der Waals surface area contributed by atoms with Crippen molar-refractivity contribution in [3.05, 3.63) is 35.9 Å². The van der Waals surface area contributed by atoms with Crippen molar-refractivity contribution >= 4 is 22.6 Å². The van der Waals surface area contributed by atoms with E-state index in [0.717, 1.165) is 23.3 Å². The zero-order chi connectivity index (χ0) is 14.0. The van der Waals surface area contributed by atoms with Gasteiger partial charge in [0, 0.05) is 18.0 Å². The Morgan fingerprint density at radius 2 is 2.05 bits per heavy atom. The fourth-order valence-corrected chi connectivity index (χ4v) is 2.28. The number of nitrogens with two attached hydrogens (primary N) is 1. The highest BCUT2D eigenvalue weighted by molar-refractivity contribution is 6.03. The third-order valence-corrected chi connectivity index (χ3v) is 3.23. The van der Waals surface area contributed by atoms with Crippen molar-refractivity contribution in [1.29, 1.82) is 5.41 Å². The van der Waals surface area contributed by atoms with Gasteiger partial charge in [-0.2, -0.15) is 0 Å². The standard InChI is InChI=1S/C15H20N4/c1-4-19(10(2)3)15-12(14(16)17)9-11-7-5-6-8-13(11)18-15/h5-10H,4H2,1-3H3,(H3,16,17). The van der Waals surface area contributed by atoms with Crippen molar-refractivity contribution in [3.63, 3.8) is 0 Å². The van der Waals surface area contributed by atoms with Crippen LogP contribution in [0.2, 0.25) is 0 Å². The third kappa shape index (κ3) is 2.52. The van der Waals surface area contributed by atoms with Gasteiger partial charge in [-0.3, -0.25) is 5.41 Å². The second-order valence-electron chi connectivity index (χ2n) is 4.85. The van der Waals surface area contributed by atoms with Gasteiger partial charge in [0.25, 0.3) is 0 Å². The zero-order valence-electron chi connectivity index (χ0n) is 11.6. The molecule has 0 aliphatic rings. The Balaban J connectivity index is 2.69. The SMILES string of the molecule is CCN(c1nc2ccccc2cc1C(=N)N)C(C)C. The molecule has 0 fully saturated rings. The number of aromatic nitrogens is 1. The van der Waals surface area contributed by atoms with Crippen LogP contribution in [0.25, 0.3) is 10.9 Å². The lowest BCUT2D eigenvalue weighted by Crippen LogP contribution is -2.33. The van der Waals surface area contributed by atoms with Gasteiger partial charge in [0.2, 0.25) is 0 Å². The summed E-state index contributed by atoms with van der Waals surface area (Å²) in [6.45, 7) is 7.15. The van der Waals surface area contributed by atoms with Crippen molar-refractivity contribution in [2.24, 2.45) is 5.73 Å². The molecule has 100 valence electrons. The Labute approximate surface area is 113 Å². The van der Waals surface area contributed by atoms with Crippen molar-refractivity contribution in [1.82, 2.24) is 4.98 Å². The molecule has 1 aromatic carbocycles. The van der Waals surface area contributed by atoms with Gasteiger partial charge in [0.15, 0.2) is 0 Å². The number of amidine groups is 1. The average molecular weight is 256 g/mol. The van der Waals surface area contributed by atoms with E-state index in [2.05, 4.69) is 25.7 Å². The topological polar surface area (TPSA) is 66.0 Å². The summed E-state index contributed by atoms with van der Waals surface area (Å²) in [5.41, 5.74) is 7.35. The fourth-order valence-electron chi connectivity index (χ4n) is 2.28. The molecule has 0 bridgehead atoms. The Bertz CT molecular complexity index is 604. The van der Waals surface area contributed by atoms with Crippen LogP contribution in [0.15, 0.2) is 30.3 Å². The largest absolute Gasteiger partial charge is 0.384 e. The molecule has 19 heavy (non-hydrogen) atoms. The lowest BCUT2D eigenvalue weighted by molar-refractivity contribution is 0.694. The van der Waals surface area contributed by atoms with Crippen LogP contribution in [-0.4, -0.2) is 23.4 Å². The zero-order valence-corrected chi connectivity index (χ0v) is 11.6. The minimum Gasteiger partial charge on any atom is -0.384 e. The number of nitrogen functional groups attached to an aromatic ring is 1. The van der Waals surface area contributed by atoms with E-state index in [1.54, 1.807) is 0 Å². The number of nitrogens with one attached hydrogen (secondary N) is 1. The molecule has 0 radical (unpaired) electrons. The molecule has 2 rings (SSSR count). The van der Waals surface area contributed by atoms with Crippen LogP contribution in [0.3, 0.4) is 0 Å². The number of benzene rings is 1. The number of para-hydroxylation sites is 1. The van der Waals surface area contributed by atoms with E-state index < -0.39 is 0 Å². The summed E-state index contributed by atoms with van der Waals surface area (Å²) in [7, 11) is 0. The van der Waals surface area contributed by atoms with Crippen LogP contribution in [0.1, 0.15) is 26.3 Å². The normalized spacial score (nSPS) is 10.9. The summed E-state index contributed by atoms with van der Waals surface area (Å²) in [6.07, 6.45) is 0. The maximum atomic E-state index is 7.77.